The third kappa shape index (κ3) is 4.06. The molecular weight excluding hydrogens is 404 g/mol. The highest BCUT2D eigenvalue weighted by atomic mass is 32.1. The topological polar surface area (TPSA) is 79.3 Å². The molecule has 30 heavy (non-hydrogen) atoms. The van der Waals surface area contributed by atoms with Crippen LogP contribution in [-0.4, -0.2) is 68.0 Å². The second-order valence-electron chi connectivity index (χ2n) is 7.21. The van der Waals surface area contributed by atoms with Crippen LogP contribution in [-0.2, 0) is 4.79 Å². The summed E-state index contributed by atoms with van der Waals surface area (Å²) in [6, 6.07) is 8.01. The Morgan fingerprint density at radius 2 is 1.97 bits per heavy atom. The Morgan fingerprint density at radius 1 is 1.20 bits per heavy atom. The van der Waals surface area contributed by atoms with Gasteiger partial charge in [0, 0.05) is 12.1 Å². The summed E-state index contributed by atoms with van der Waals surface area (Å²) in [5.41, 5.74) is 0.665. The normalized spacial score (nSPS) is 16.5. The zero-order chi connectivity index (χ0) is 21.8. The molecule has 1 amide bonds. The van der Waals surface area contributed by atoms with E-state index in [0.717, 1.165) is 6.54 Å². The van der Waals surface area contributed by atoms with Gasteiger partial charge in [0.25, 0.3) is 5.91 Å². The number of rotatable bonds is 9. The Balaban J connectivity index is 2.11. The first-order chi connectivity index (χ1) is 14.4. The summed E-state index contributed by atoms with van der Waals surface area (Å²) in [4.78, 5) is 30.3. The number of aliphatic hydroxyl groups is 1. The van der Waals surface area contributed by atoms with Crippen LogP contribution in [0.1, 0.15) is 27.7 Å². The van der Waals surface area contributed by atoms with Gasteiger partial charge in [-0.05, 0) is 44.6 Å². The zero-order valence-electron chi connectivity index (χ0n) is 17.5. The maximum Gasteiger partial charge on any atom is 0.290 e. The molecule has 1 aliphatic rings. The number of amides is 1. The molecule has 1 aromatic carbocycles. The predicted octanol–water partition coefficient (Wildman–Crippen LogP) is 3.30. The molecule has 8 heteroatoms. The summed E-state index contributed by atoms with van der Waals surface area (Å²) in [5, 5.41) is 12.5. The number of carbonyl (C=O) groups is 2. The molecule has 0 bridgehead atoms. The number of Topliss-reactive ketones (excluding diaryl/α,β-unsaturated/α-hetero) is 1. The van der Waals surface area contributed by atoms with Crippen molar-refractivity contribution in [3.05, 3.63) is 57.5 Å². The summed E-state index contributed by atoms with van der Waals surface area (Å²) in [7, 11) is 6.95. The molecule has 0 aliphatic carbocycles. The lowest BCUT2D eigenvalue weighted by Gasteiger charge is -2.28. The van der Waals surface area contributed by atoms with Crippen LogP contribution in [0.5, 0.6) is 11.5 Å². The SMILES string of the molecule is COc1cccc([C@H]2C(C(=O)c3cccs3)=C(O)C(=O)N2CCCN(C)C)c1OC. The lowest BCUT2D eigenvalue weighted by molar-refractivity contribution is -0.129. The van der Waals surface area contributed by atoms with Crippen LogP contribution < -0.4 is 9.47 Å². The lowest BCUT2D eigenvalue weighted by Crippen LogP contribution is -2.33. The summed E-state index contributed by atoms with van der Waals surface area (Å²) >= 11 is 1.27. The van der Waals surface area contributed by atoms with E-state index in [9.17, 15) is 14.7 Å². The molecule has 2 aromatic rings. The van der Waals surface area contributed by atoms with Crippen molar-refractivity contribution in [2.75, 3.05) is 41.4 Å². The van der Waals surface area contributed by atoms with Crippen molar-refractivity contribution in [1.29, 1.82) is 0 Å². The molecule has 1 aromatic heterocycles. The molecule has 2 heterocycles. The first-order valence-electron chi connectivity index (χ1n) is 9.58. The number of carbonyl (C=O) groups excluding carboxylic acids is 2. The molecule has 160 valence electrons. The quantitative estimate of drug-likeness (QED) is 0.615. The number of methoxy groups -OCH3 is 2. The van der Waals surface area contributed by atoms with E-state index >= 15 is 0 Å². The smallest absolute Gasteiger partial charge is 0.290 e. The number of ketones is 1. The molecule has 0 radical (unpaired) electrons. The van der Waals surface area contributed by atoms with E-state index in [0.29, 0.717) is 34.9 Å². The number of hydrogen-bond donors (Lipinski definition) is 1. The second kappa shape index (κ2) is 9.32. The molecule has 0 fully saturated rings. The van der Waals surface area contributed by atoms with E-state index in [4.69, 9.17) is 9.47 Å². The summed E-state index contributed by atoms with van der Waals surface area (Å²) in [5.74, 6) is -0.496. The van der Waals surface area contributed by atoms with Crippen molar-refractivity contribution >= 4 is 23.0 Å². The van der Waals surface area contributed by atoms with Crippen LogP contribution in [0.4, 0.5) is 0 Å². The van der Waals surface area contributed by atoms with Gasteiger partial charge >= 0.3 is 0 Å². The molecule has 1 atom stereocenters. The molecule has 0 unspecified atom stereocenters. The molecular formula is C22H26N2O5S. The first kappa shape index (κ1) is 21.9. The van der Waals surface area contributed by atoms with E-state index in [2.05, 4.69) is 0 Å². The average Bonchev–Trinajstić information content (AvgIpc) is 3.35. The van der Waals surface area contributed by atoms with Crippen molar-refractivity contribution in [1.82, 2.24) is 9.80 Å². The third-order valence-electron chi connectivity index (χ3n) is 5.03. The van der Waals surface area contributed by atoms with Crippen LogP contribution in [0.3, 0.4) is 0 Å². The number of thiophene rings is 1. The second-order valence-corrected chi connectivity index (χ2v) is 8.16. The van der Waals surface area contributed by atoms with Gasteiger partial charge in [-0.3, -0.25) is 9.59 Å². The minimum atomic E-state index is -0.765. The molecule has 0 saturated heterocycles. The number of para-hydroxylation sites is 1. The highest BCUT2D eigenvalue weighted by Gasteiger charge is 2.45. The van der Waals surface area contributed by atoms with Crippen molar-refractivity contribution in [3.8, 4) is 11.5 Å². The molecule has 1 N–H and O–H groups in total. The highest BCUT2D eigenvalue weighted by Crippen LogP contribution is 2.45. The Bertz CT molecular complexity index is 952. The fraction of sp³-hybridized carbons (Fsp3) is 0.364. The van der Waals surface area contributed by atoms with E-state index in [1.54, 1.807) is 35.7 Å². The minimum Gasteiger partial charge on any atom is -0.503 e. The number of ether oxygens (including phenoxy) is 2. The maximum atomic E-state index is 13.3. The number of hydrogen-bond acceptors (Lipinski definition) is 7. The van der Waals surface area contributed by atoms with Gasteiger partial charge in [-0.2, -0.15) is 0 Å². The number of benzene rings is 1. The molecule has 1 aliphatic heterocycles. The molecule has 0 spiro atoms. The van der Waals surface area contributed by atoms with Gasteiger partial charge in [-0.25, -0.2) is 0 Å². The Labute approximate surface area is 180 Å². The van der Waals surface area contributed by atoms with E-state index in [1.165, 1.54) is 30.5 Å². The summed E-state index contributed by atoms with van der Waals surface area (Å²) in [6.07, 6.45) is 0.690. The van der Waals surface area contributed by atoms with Crippen molar-refractivity contribution in [2.24, 2.45) is 0 Å². The molecule has 3 rings (SSSR count). The predicted molar refractivity (Wildman–Crippen MR) is 115 cm³/mol. The largest absolute Gasteiger partial charge is 0.503 e. The zero-order valence-corrected chi connectivity index (χ0v) is 18.4. The number of aliphatic hydroxyl groups excluding tert-OH is 1. The standard InChI is InChI=1S/C22H26N2O5S/c1-23(2)11-7-12-24-18(14-8-5-9-15(28-3)21(14)29-4)17(20(26)22(24)27)19(25)16-10-6-13-30-16/h5-6,8-10,13,18,26H,7,11-12H2,1-4H3/t18-/m0/s1. The van der Waals surface area contributed by atoms with Gasteiger partial charge in [0.1, 0.15) is 0 Å². The Hall–Kier alpha value is -2.84. The lowest BCUT2D eigenvalue weighted by atomic mass is 9.94. The van der Waals surface area contributed by atoms with Crippen LogP contribution in [0.15, 0.2) is 47.0 Å². The van der Waals surface area contributed by atoms with Crippen LogP contribution in [0.25, 0.3) is 0 Å². The minimum absolute atomic E-state index is 0.0684. The van der Waals surface area contributed by atoms with Gasteiger partial charge in [0.2, 0.25) is 5.78 Å². The van der Waals surface area contributed by atoms with Gasteiger partial charge in [-0.15, -0.1) is 11.3 Å². The summed E-state index contributed by atoms with van der Waals surface area (Å²) in [6.45, 7) is 1.15. The van der Waals surface area contributed by atoms with E-state index in [1.807, 2.05) is 19.0 Å². The van der Waals surface area contributed by atoms with Crippen molar-refractivity contribution in [2.45, 2.75) is 12.5 Å². The van der Waals surface area contributed by atoms with Gasteiger partial charge in [-0.1, -0.05) is 18.2 Å². The maximum absolute atomic E-state index is 13.3. The van der Waals surface area contributed by atoms with Gasteiger partial charge in [0.05, 0.1) is 30.7 Å². The third-order valence-corrected chi connectivity index (χ3v) is 5.89. The van der Waals surface area contributed by atoms with E-state index < -0.39 is 17.7 Å². The molecule has 0 saturated carbocycles. The monoisotopic (exact) mass is 430 g/mol. The van der Waals surface area contributed by atoms with E-state index in [-0.39, 0.29) is 11.4 Å². The van der Waals surface area contributed by atoms with Crippen LogP contribution in [0, 0.1) is 0 Å². The fourth-order valence-corrected chi connectivity index (χ4v) is 4.34. The number of nitrogens with zero attached hydrogens (tertiary/aromatic N) is 2. The van der Waals surface area contributed by atoms with Crippen molar-refractivity contribution in [3.63, 3.8) is 0 Å². The van der Waals surface area contributed by atoms with Crippen LogP contribution >= 0.6 is 11.3 Å². The molecule has 7 nitrogen and oxygen atoms in total. The highest BCUT2D eigenvalue weighted by molar-refractivity contribution is 7.12. The van der Waals surface area contributed by atoms with Gasteiger partial charge < -0.3 is 24.4 Å². The van der Waals surface area contributed by atoms with Gasteiger partial charge in [0.15, 0.2) is 17.3 Å². The Kier molecular flexibility index (Phi) is 6.79. The van der Waals surface area contributed by atoms with Crippen LogP contribution in [0.2, 0.25) is 0 Å². The fourth-order valence-electron chi connectivity index (χ4n) is 3.66. The Morgan fingerprint density at radius 3 is 2.57 bits per heavy atom. The summed E-state index contributed by atoms with van der Waals surface area (Å²) < 4.78 is 11.0. The first-order valence-corrected chi connectivity index (χ1v) is 10.5. The average molecular weight is 431 g/mol. The van der Waals surface area contributed by atoms with Crippen molar-refractivity contribution < 1.29 is 24.2 Å².